The topological polar surface area (TPSA) is 375 Å². The molecule has 0 aliphatic carbocycles. The smallest absolute Gasteiger partial charge is 0.274 e. The molecule has 1 aliphatic rings. The summed E-state index contributed by atoms with van der Waals surface area (Å²) in [5, 5.41) is 26.4. The van der Waals surface area contributed by atoms with Gasteiger partial charge in [0.25, 0.3) is 15.6 Å². The molecule has 0 aromatic carbocycles. The number of fused-ring (bicyclic) bond motifs is 1. The van der Waals surface area contributed by atoms with E-state index in [2.05, 4.69) is 50.4 Å². The molecule has 2 aromatic heterocycles. The molecule has 6 N–H and O–H groups in total. The summed E-state index contributed by atoms with van der Waals surface area (Å²) in [5.41, 5.74) is 3.01. The maximum Gasteiger partial charge on any atom is 0.274 e. The molecular formula is C31H48N7O17P3S-4. The van der Waals surface area contributed by atoms with Gasteiger partial charge in [-0.1, -0.05) is 50.9 Å². The number of rotatable bonds is 24. The molecule has 1 aliphatic heterocycles. The van der Waals surface area contributed by atoms with Gasteiger partial charge in [0.2, 0.25) is 16.9 Å². The molecule has 59 heavy (non-hydrogen) atoms. The first-order valence-electron chi connectivity index (χ1n) is 18.0. The molecule has 0 radical (unpaired) electrons. The number of phosphoric ester groups is 3. The number of aliphatic hydroxyl groups is 2. The number of aliphatic hydroxyl groups excluding tert-OH is 2. The van der Waals surface area contributed by atoms with E-state index in [9.17, 15) is 57.9 Å². The molecular weight excluding hydrogens is 867 g/mol. The fraction of sp³-hybridized carbons (Fsp3) is 0.677. The van der Waals surface area contributed by atoms with Crippen molar-refractivity contribution in [1.29, 1.82) is 0 Å². The number of thioether (sulfide) groups is 1. The Morgan fingerprint density at radius 3 is 2.42 bits per heavy atom. The van der Waals surface area contributed by atoms with Gasteiger partial charge in [-0.05, 0) is 32.8 Å². The van der Waals surface area contributed by atoms with Crippen LogP contribution in [0.5, 0.6) is 0 Å². The van der Waals surface area contributed by atoms with Crippen molar-refractivity contribution in [2.24, 2.45) is 5.41 Å². The van der Waals surface area contributed by atoms with Crippen LogP contribution in [0.15, 0.2) is 24.3 Å². The highest BCUT2D eigenvalue weighted by Crippen LogP contribution is 2.56. The lowest BCUT2D eigenvalue weighted by molar-refractivity contribution is -0.347. The second-order valence-corrected chi connectivity index (χ2v) is 19.3. The van der Waals surface area contributed by atoms with E-state index < -0.39 is 84.1 Å². The van der Waals surface area contributed by atoms with Gasteiger partial charge in [0.1, 0.15) is 36.3 Å². The maximum absolute atomic E-state index is 12.6. The number of amides is 2. The lowest BCUT2D eigenvalue weighted by atomic mass is 9.87. The third kappa shape index (κ3) is 15.3. The molecule has 3 heterocycles. The van der Waals surface area contributed by atoms with Crippen molar-refractivity contribution in [3.63, 3.8) is 0 Å². The first-order valence-corrected chi connectivity index (χ1v) is 23.4. The van der Waals surface area contributed by atoms with E-state index in [1.807, 2.05) is 6.92 Å². The lowest BCUT2D eigenvalue weighted by Gasteiger charge is -2.36. The van der Waals surface area contributed by atoms with Crippen molar-refractivity contribution in [1.82, 2.24) is 30.2 Å². The van der Waals surface area contributed by atoms with E-state index in [0.717, 1.165) is 60.2 Å². The first-order chi connectivity index (χ1) is 27.3. The molecule has 28 heteroatoms. The Bertz CT molecular complexity index is 1970. The van der Waals surface area contributed by atoms with E-state index in [1.165, 1.54) is 20.8 Å². The predicted octanol–water partition coefficient (Wildman–Crippen LogP) is -1.16. The largest absolute Gasteiger partial charge is 0.790 e. The third-order valence-electron chi connectivity index (χ3n) is 8.75. The molecule has 3 rings (SSSR count). The van der Waals surface area contributed by atoms with Gasteiger partial charge in [-0.3, -0.25) is 28.1 Å². The number of nitrogen functional groups attached to an aromatic ring is 1. The van der Waals surface area contributed by atoms with E-state index in [-0.39, 0.29) is 41.6 Å². The normalized spacial score (nSPS) is 22.8. The summed E-state index contributed by atoms with van der Waals surface area (Å²) >= 11 is 1.05. The summed E-state index contributed by atoms with van der Waals surface area (Å²) in [4.78, 5) is 96.8. The number of unbranched alkanes of at least 4 members (excludes halogenated alkanes) is 2. The Hall–Kier alpha value is -2.70. The van der Waals surface area contributed by atoms with Gasteiger partial charge >= 0.3 is 0 Å². The van der Waals surface area contributed by atoms with Gasteiger partial charge in [-0.2, -0.15) is 0 Å². The number of carbonyl (C=O) groups is 3. The molecule has 0 bridgehead atoms. The van der Waals surface area contributed by atoms with Gasteiger partial charge in [-0.25, -0.2) is 19.3 Å². The number of hydrogen-bond acceptors (Lipinski definition) is 22. The zero-order chi connectivity index (χ0) is 44.4. The molecule has 0 saturated carbocycles. The fourth-order valence-electron chi connectivity index (χ4n) is 5.54. The fourth-order valence-corrected chi connectivity index (χ4v) is 8.96. The first kappa shape index (κ1) is 50.7. The minimum atomic E-state index is -5.94. The Morgan fingerprint density at radius 1 is 1.08 bits per heavy atom. The standard InChI is InChI=1S/C31H52N7O17P3S/c1-6-7-8-9-19(2)14-22(40)59-13-12-33-21(39)10-11-34-29(43)26(42)30(3,4)16-52-58(49,50)55-57(47,48)51-15-20-24(54-56(44,45)46)25(41)31(5,53-20)38-18-37-23-27(32)35-17-36-28(23)38/h14,17-18,20,24-26,41-42H,6-13,15-16H2,1-5H3,(H,33,39)(H,34,43)(H,47,48)(H,49,50)(H2,32,35,36)(H2,44,45,46)/p-4/b19-14+. The summed E-state index contributed by atoms with van der Waals surface area (Å²) in [7, 11) is -17.7. The molecule has 0 spiro atoms. The SMILES string of the molecule is CCCCC/C(C)=C/C(=O)SCCNC(=O)CCNC(=O)C(O)C(C)(C)COP(=O)([O-])OP(=O)([O-])OCC1OC(C)(n2cnc3c(N)ncnc32)C(O)C1OP(=O)([O-])[O-]. The summed E-state index contributed by atoms with van der Waals surface area (Å²) in [6, 6.07) is 0. The van der Waals surface area contributed by atoms with Crippen molar-refractivity contribution in [3.8, 4) is 0 Å². The Kier molecular flexibility index (Phi) is 18.4. The minimum Gasteiger partial charge on any atom is -0.790 e. The molecule has 1 fully saturated rings. The molecule has 24 nitrogen and oxygen atoms in total. The number of hydrogen-bond donors (Lipinski definition) is 5. The van der Waals surface area contributed by atoms with Gasteiger partial charge in [0, 0.05) is 30.7 Å². The zero-order valence-electron chi connectivity index (χ0n) is 32.7. The second-order valence-electron chi connectivity index (χ2n) is 14.2. The quantitative estimate of drug-likeness (QED) is 0.0471. The second kappa shape index (κ2) is 21.4. The van der Waals surface area contributed by atoms with Gasteiger partial charge < -0.3 is 69.0 Å². The number of allylic oxidation sites excluding steroid dienone is 1. The predicted molar refractivity (Wildman–Crippen MR) is 201 cm³/mol. The van der Waals surface area contributed by atoms with Crippen LogP contribution in [0, 0.1) is 5.41 Å². The number of carbonyl (C=O) groups excluding carboxylic acids is 3. The van der Waals surface area contributed by atoms with Crippen molar-refractivity contribution in [2.45, 2.75) is 96.9 Å². The highest BCUT2D eigenvalue weighted by Gasteiger charge is 2.55. The average Bonchev–Trinajstić information content (AvgIpc) is 3.67. The highest BCUT2D eigenvalue weighted by molar-refractivity contribution is 8.14. The van der Waals surface area contributed by atoms with Crippen molar-refractivity contribution >= 4 is 69.1 Å². The summed E-state index contributed by atoms with van der Waals surface area (Å²) < 4.78 is 61.2. The number of imidazole rings is 1. The molecule has 7 unspecified atom stereocenters. The van der Waals surface area contributed by atoms with Crippen LogP contribution >= 0.6 is 35.2 Å². The molecule has 334 valence electrons. The van der Waals surface area contributed by atoms with Crippen LogP contribution in [-0.2, 0) is 56.4 Å². The van der Waals surface area contributed by atoms with E-state index >= 15 is 0 Å². The Labute approximate surface area is 343 Å². The monoisotopic (exact) mass is 915 g/mol. The minimum absolute atomic E-state index is 0.0324. The Balaban J connectivity index is 1.49. The van der Waals surface area contributed by atoms with E-state index in [4.69, 9.17) is 10.5 Å². The highest BCUT2D eigenvalue weighted by atomic mass is 32.2. The molecule has 1 saturated heterocycles. The molecule has 2 amide bonds. The van der Waals surface area contributed by atoms with Crippen molar-refractivity contribution < 1.29 is 80.5 Å². The number of nitrogens with one attached hydrogen (secondary N) is 2. The van der Waals surface area contributed by atoms with Gasteiger partial charge in [0.05, 0.1) is 27.4 Å². The average molecular weight is 916 g/mol. The third-order valence-corrected chi connectivity index (χ3v) is 12.6. The van der Waals surface area contributed by atoms with Crippen LogP contribution in [0.3, 0.4) is 0 Å². The number of phosphoric acid groups is 3. The van der Waals surface area contributed by atoms with Gasteiger partial charge in [-0.15, -0.1) is 0 Å². The van der Waals surface area contributed by atoms with Crippen LogP contribution in [0.25, 0.3) is 11.2 Å². The number of aromatic nitrogens is 4. The van der Waals surface area contributed by atoms with Crippen molar-refractivity contribution in [2.75, 3.05) is 37.8 Å². The molecule has 2 aromatic rings. The number of anilines is 1. The zero-order valence-corrected chi connectivity index (χ0v) is 36.2. The van der Waals surface area contributed by atoms with Crippen LogP contribution in [0.4, 0.5) is 5.82 Å². The van der Waals surface area contributed by atoms with Crippen LogP contribution < -0.4 is 35.9 Å². The van der Waals surface area contributed by atoms with E-state index in [1.54, 1.807) is 6.08 Å². The number of nitrogens with zero attached hydrogens (tertiary/aromatic N) is 4. The number of ether oxygens (including phenoxy) is 1. The maximum atomic E-state index is 12.6. The summed E-state index contributed by atoms with van der Waals surface area (Å²) in [6.45, 7) is 5.24. The Morgan fingerprint density at radius 2 is 1.76 bits per heavy atom. The van der Waals surface area contributed by atoms with Gasteiger partial charge in [0.15, 0.2) is 17.2 Å². The van der Waals surface area contributed by atoms with Crippen LogP contribution in [-0.4, -0.2) is 103 Å². The summed E-state index contributed by atoms with van der Waals surface area (Å²) in [6.07, 6.45) is -0.500. The number of nitrogens with two attached hydrogens (primary N) is 1. The van der Waals surface area contributed by atoms with Crippen LogP contribution in [0.2, 0.25) is 0 Å². The molecule has 7 atom stereocenters. The van der Waals surface area contributed by atoms with Crippen molar-refractivity contribution in [3.05, 3.63) is 24.3 Å². The lowest BCUT2D eigenvalue weighted by Crippen LogP contribution is -2.46. The van der Waals surface area contributed by atoms with E-state index in [0.29, 0.717) is 5.75 Å². The summed E-state index contributed by atoms with van der Waals surface area (Å²) in [5.74, 6) is -1.23. The van der Waals surface area contributed by atoms with Crippen LogP contribution in [0.1, 0.15) is 66.7 Å².